The van der Waals surface area contributed by atoms with Crippen molar-refractivity contribution >= 4 is 27.0 Å². The molecule has 0 aliphatic carbocycles. The van der Waals surface area contributed by atoms with E-state index in [1.54, 1.807) is 4.72 Å². The maximum atomic E-state index is 13.4. The van der Waals surface area contributed by atoms with Crippen LogP contribution in [0.2, 0.25) is 0 Å². The number of aromatic nitrogens is 3. The van der Waals surface area contributed by atoms with Gasteiger partial charge in [-0.2, -0.15) is 31.1 Å². The van der Waals surface area contributed by atoms with Gasteiger partial charge >= 0.3 is 12.4 Å². The molecule has 3 heterocycles. The Morgan fingerprint density at radius 3 is 2.21 bits per heavy atom. The monoisotopic (exact) mass is 579 g/mol. The summed E-state index contributed by atoms with van der Waals surface area (Å²) >= 11 is 0. The number of unbranched alkanes of at least 4 members (excludes halogenated alkanes) is 3. The average molecular weight is 580 g/mol. The highest BCUT2D eigenvalue weighted by atomic mass is 32.2. The summed E-state index contributed by atoms with van der Waals surface area (Å²) in [6.07, 6.45) is -5.05. The molecule has 0 saturated carbocycles. The minimum Gasteiger partial charge on any atom is -0.366 e. The van der Waals surface area contributed by atoms with Crippen molar-refractivity contribution in [2.75, 3.05) is 0 Å². The largest absolute Gasteiger partial charge is 0.417 e. The number of hydrogen-bond acceptors (Lipinski definition) is 5. The number of nitrogens with two attached hydrogens (primary N) is 1. The number of sulfonamides is 1. The first kappa shape index (κ1) is 30.3. The maximum absolute atomic E-state index is 13.4. The van der Waals surface area contributed by atoms with Crippen molar-refractivity contribution in [3.05, 3.63) is 41.7 Å². The molecule has 0 saturated heterocycles. The number of alkyl halides is 6. The molecule has 0 radical (unpaired) electrons. The second-order valence-corrected chi connectivity index (χ2v) is 11.2. The van der Waals surface area contributed by atoms with Gasteiger partial charge in [-0.05, 0) is 38.5 Å². The number of fused-ring (bicyclic) bond motifs is 1. The Bertz CT molecular complexity index is 1460. The van der Waals surface area contributed by atoms with E-state index in [2.05, 4.69) is 9.97 Å². The zero-order valence-corrected chi connectivity index (χ0v) is 22.1. The molecule has 3 N–H and O–H groups in total. The number of nitrogens with one attached hydrogen (secondary N) is 1. The Hall–Kier alpha value is -3.20. The number of rotatable bonds is 10. The summed E-state index contributed by atoms with van der Waals surface area (Å²) in [4.78, 5) is 19.9. The zero-order chi connectivity index (χ0) is 29.4. The summed E-state index contributed by atoms with van der Waals surface area (Å²) in [6, 6.07) is 2.88. The van der Waals surface area contributed by atoms with Crippen LogP contribution in [-0.4, -0.2) is 40.6 Å². The summed E-state index contributed by atoms with van der Waals surface area (Å²) in [5.74, 6) is -1.06. The molecule has 0 spiro atoms. The van der Waals surface area contributed by atoms with E-state index in [0.717, 1.165) is 43.7 Å². The van der Waals surface area contributed by atoms with Gasteiger partial charge in [0, 0.05) is 24.3 Å². The molecule has 0 atom stereocenters. The smallest absolute Gasteiger partial charge is 0.366 e. The quantitative estimate of drug-likeness (QED) is 0.246. The van der Waals surface area contributed by atoms with Crippen LogP contribution in [0.5, 0.6) is 0 Å². The lowest BCUT2D eigenvalue weighted by Crippen LogP contribution is -2.54. The highest BCUT2D eigenvalue weighted by Gasteiger charge is 2.49. The summed E-state index contributed by atoms with van der Waals surface area (Å²) in [6.45, 7) is 3.54. The molecule has 8 nitrogen and oxygen atoms in total. The van der Waals surface area contributed by atoms with Gasteiger partial charge < -0.3 is 10.3 Å². The molecule has 3 rings (SSSR count). The number of pyridine rings is 2. The number of nitrogens with zero attached hydrogens (tertiary/aromatic N) is 3. The highest BCUT2D eigenvalue weighted by molar-refractivity contribution is 7.89. The summed E-state index contributed by atoms with van der Waals surface area (Å²) < 4.78 is 108. The molecule has 1 amide bonds. The van der Waals surface area contributed by atoms with E-state index in [1.165, 1.54) is 4.57 Å². The number of halogens is 6. The Labute approximate surface area is 220 Å². The topological polar surface area (TPSA) is 120 Å². The predicted molar refractivity (Wildman–Crippen MR) is 131 cm³/mol. The fraction of sp³-hybridized carbons (Fsp3) is 0.458. The third-order valence-corrected chi connectivity index (χ3v) is 7.74. The van der Waals surface area contributed by atoms with Gasteiger partial charge in [-0.3, -0.25) is 9.78 Å². The van der Waals surface area contributed by atoms with Crippen LogP contribution in [0.15, 0.2) is 35.5 Å². The number of aryl methyl sites for hydroxylation is 1. The first-order valence-electron chi connectivity index (χ1n) is 11.9. The number of primary amides is 1. The Kier molecular flexibility index (Phi) is 8.37. The SMILES string of the molecule is CCCCCCn1c(-c2ccc(S(=O)(=O)NC(C)(C)C(F)(F)F)cn2)c(C(N)=O)c2cc(C(F)(F)F)cnc21. The van der Waals surface area contributed by atoms with Crippen LogP contribution >= 0.6 is 0 Å². The molecule has 3 aromatic rings. The molecule has 0 aromatic carbocycles. The molecule has 15 heteroatoms. The van der Waals surface area contributed by atoms with Crippen molar-refractivity contribution < 1.29 is 39.6 Å². The van der Waals surface area contributed by atoms with Crippen molar-refractivity contribution in [1.29, 1.82) is 0 Å². The number of hydrogen-bond donors (Lipinski definition) is 2. The normalized spacial score (nSPS) is 13.3. The van der Waals surface area contributed by atoms with Gasteiger partial charge in [0.2, 0.25) is 10.0 Å². The molecular formula is C24H27F6N5O3S. The summed E-state index contributed by atoms with van der Waals surface area (Å²) in [7, 11) is -4.67. The molecule has 214 valence electrons. The number of amides is 1. The van der Waals surface area contributed by atoms with E-state index in [-0.39, 0.29) is 34.5 Å². The van der Waals surface area contributed by atoms with Gasteiger partial charge in [0.15, 0.2) is 0 Å². The minimum atomic E-state index is -4.88. The van der Waals surface area contributed by atoms with Crippen LogP contribution in [0.4, 0.5) is 26.3 Å². The molecule has 0 bridgehead atoms. The van der Waals surface area contributed by atoms with E-state index >= 15 is 0 Å². The average Bonchev–Trinajstić information content (AvgIpc) is 3.14. The van der Waals surface area contributed by atoms with Gasteiger partial charge in [0.25, 0.3) is 5.91 Å². The van der Waals surface area contributed by atoms with Crippen molar-refractivity contribution in [2.45, 2.75) is 75.8 Å². The van der Waals surface area contributed by atoms with Crippen molar-refractivity contribution in [1.82, 2.24) is 19.3 Å². The molecule has 0 fully saturated rings. The third kappa shape index (κ3) is 6.35. The van der Waals surface area contributed by atoms with Crippen LogP contribution in [0.1, 0.15) is 62.4 Å². The molecule has 0 aliphatic rings. The fourth-order valence-electron chi connectivity index (χ4n) is 3.94. The van der Waals surface area contributed by atoms with Gasteiger partial charge in [-0.15, -0.1) is 0 Å². The van der Waals surface area contributed by atoms with Crippen LogP contribution in [0.3, 0.4) is 0 Å². The minimum absolute atomic E-state index is 0.0216. The van der Waals surface area contributed by atoms with Gasteiger partial charge in [0.1, 0.15) is 16.1 Å². The molecule has 3 aromatic heterocycles. The number of carbonyl (C=O) groups excluding carboxylic acids is 1. The van der Waals surface area contributed by atoms with Crippen LogP contribution < -0.4 is 10.5 Å². The van der Waals surface area contributed by atoms with E-state index < -0.39 is 44.3 Å². The van der Waals surface area contributed by atoms with Crippen molar-refractivity contribution in [3.63, 3.8) is 0 Å². The summed E-state index contributed by atoms with van der Waals surface area (Å²) in [5, 5.41) is -0.157. The van der Waals surface area contributed by atoms with E-state index in [0.29, 0.717) is 26.5 Å². The molecule has 0 unspecified atom stereocenters. The van der Waals surface area contributed by atoms with Crippen LogP contribution in [0.25, 0.3) is 22.4 Å². The Morgan fingerprint density at radius 1 is 1.03 bits per heavy atom. The highest BCUT2D eigenvalue weighted by Crippen LogP contribution is 2.37. The van der Waals surface area contributed by atoms with Gasteiger partial charge in [0.05, 0.1) is 22.5 Å². The Morgan fingerprint density at radius 2 is 1.69 bits per heavy atom. The van der Waals surface area contributed by atoms with Gasteiger partial charge in [-0.25, -0.2) is 13.4 Å². The molecule has 0 aliphatic heterocycles. The van der Waals surface area contributed by atoms with Crippen molar-refractivity contribution in [3.8, 4) is 11.4 Å². The maximum Gasteiger partial charge on any atom is 0.417 e. The first-order valence-corrected chi connectivity index (χ1v) is 13.4. The fourth-order valence-corrected chi connectivity index (χ4v) is 5.29. The standard InChI is InChI=1S/C24H27F6N5O3S/c1-4-5-6-7-10-35-19(18(20(31)36)16-11-14(23(25,26)27)12-33-21(16)35)17-9-8-15(13-32-17)39(37,38)34-22(2,3)24(28,29)30/h8-9,11-13,34H,4-7,10H2,1-3H3,(H2,31,36). The number of carbonyl (C=O) groups is 1. The van der Waals surface area contributed by atoms with E-state index in [9.17, 15) is 39.6 Å². The lowest BCUT2D eigenvalue weighted by atomic mass is 10.1. The predicted octanol–water partition coefficient (Wildman–Crippen LogP) is 5.42. The molecular weight excluding hydrogens is 552 g/mol. The van der Waals surface area contributed by atoms with E-state index in [1.807, 2.05) is 6.92 Å². The lowest BCUT2D eigenvalue weighted by molar-refractivity contribution is -0.180. The summed E-state index contributed by atoms with van der Waals surface area (Å²) in [5.41, 5.74) is 1.45. The Balaban J connectivity index is 2.17. The van der Waals surface area contributed by atoms with E-state index in [4.69, 9.17) is 5.73 Å². The lowest BCUT2D eigenvalue weighted by Gasteiger charge is -2.28. The van der Waals surface area contributed by atoms with Crippen LogP contribution in [-0.2, 0) is 22.7 Å². The zero-order valence-electron chi connectivity index (χ0n) is 21.2. The van der Waals surface area contributed by atoms with Gasteiger partial charge in [-0.1, -0.05) is 26.2 Å². The second-order valence-electron chi connectivity index (χ2n) is 9.50. The third-order valence-electron chi connectivity index (χ3n) is 6.09. The first-order chi connectivity index (χ1) is 17.9. The van der Waals surface area contributed by atoms with Crippen molar-refractivity contribution in [2.24, 2.45) is 5.73 Å². The molecule has 39 heavy (non-hydrogen) atoms. The second kappa shape index (κ2) is 10.8. The van der Waals surface area contributed by atoms with Crippen LogP contribution in [0, 0.1) is 0 Å².